The first-order valence-corrected chi connectivity index (χ1v) is 6.49. The topological polar surface area (TPSA) is 70.6 Å². The van der Waals surface area contributed by atoms with Crippen molar-refractivity contribution in [1.82, 2.24) is 5.32 Å². The third-order valence-corrected chi connectivity index (χ3v) is 3.37. The van der Waals surface area contributed by atoms with Crippen molar-refractivity contribution in [2.24, 2.45) is 16.8 Å². The minimum absolute atomic E-state index is 0.155. The zero-order valence-corrected chi connectivity index (χ0v) is 10.8. The van der Waals surface area contributed by atoms with Gasteiger partial charge in [0.2, 0.25) is 0 Å². The van der Waals surface area contributed by atoms with Gasteiger partial charge in [0.1, 0.15) is 0 Å². The Kier molecular flexibility index (Phi) is 4.20. The van der Waals surface area contributed by atoms with E-state index in [-0.39, 0.29) is 5.84 Å². The summed E-state index contributed by atoms with van der Waals surface area (Å²) in [6.07, 6.45) is 4.05. The van der Waals surface area contributed by atoms with Gasteiger partial charge in [0, 0.05) is 18.2 Å². The van der Waals surface area contributed by atoms with Crippen LogP contribution in [0.15, 0.2) is 29.4 Å². The van der Waals surface area contributed by atoms with Crippen molar-refractivity contribution in [2.45, 2.75) is 38.8 Å². The number of oxime groups is 1. The summed E-state index contributed by atoms with van der Waals surface area (Å²) >= 11 is 0. The highest BCUT2D eigenvalue weighted by Crippen LogP contribution is 2.33. The van der Waals surface area contributed by atoms with E-state index in [1.54, 1.807) is 0 Å². The second-order valence-corrected chi connectivity index (χ2v) is 5.15. The van der Waals surface area contributed by atoms with Crippen LogP contribution in [0.2, 0.25) is 0 Å². The Hall–Kier alpha value is -1.55. The summed E-state index contributed by atoms with van der Waals surface area (Å²) in [7, 11) is 0. The van der Waals surface area contributed by atoms with E-state index in [2.05, 4.69) is 17.4 Å². The molecule has 4 nitrogen and oxygen atoms in total. The van der Waals surface area contributed by atoms with Gasteiger partial charge in [-0.05, 0) is 30.9 Å². The number of benzene rings is 1. The SMILES string of the molecule is CC(CC1CC1)NCc1cccc(C(N)=NO)c1. The number of nitrogens with zero attached hydrogens (tertiary/aromatic N) is 1. The molecule has 0 aromatic heterocycles. The fraction of sp³-hybridized carbons (Fsp3) is 0.500. The lowest BCUT2D eigenvalue weighted by molar-refractivity contribution is 0.318. The molecular formula is C14H21N3O. The molecule has 4 heteroatoms. The molecule has 0 amide bonds. The molecule has 1 atom stereocenters. The summed E-state index contributed by atoms with van der Waals surface area (Å²) in [4.78, 5) is 0. The number of amidine groups is 1. The van der Waals surface area contributed by atoms with Crippen LogP contribution in [0.5, 0.6) is 0 Å². The summed E-state index contributed by atoms with van der Waals surface area (Å²) < 4.78 is 0. The summed E-state index contributed by atoms with van der Waals surface area (Å²) in [5, 5.41) is 15.2. The number of rotatable bonds is 6. The van der Waals surface area contributed by atoms with Crippen LogP contribution in [-0.2, 0) is 6.54 Å². The van der Waals surface area contributed by atoms with Crippen LogP contribution in [0, 0.1) is 5.92 Å². The van der Waals surface area contributed by atoms with Gasteiger partial charge in [-0.25, -0.2) is 0 Å². The molecule has 1 aliphatic carbocycles. The smallest absolute Gasteiger partial charge is 0.170 e. The Morgan fingerprint density at radius 3 is 3.00 bits per heavy atom. The Morgan fingerprint density at radius 2 is 2.33 bits per heavy atom. The van der Waals surface area contributed by atoms with Gasteiger partial charge in [0.25, 0.3) is 0 Å². The summed E-state index contributed by atoms with van der Waals surface area (Å²) in [6.45, 7) is 3.05. The lowest BCUT2D eigenvalue weighted by Crippen LogP contribution is -2.26. The third kappa shape index (κ3) is 3.74. The third-order valence-electron chi connectivity index (χ3n) is 3.37. The van der Waals surface area contributed by atoms with Gasteiger partial charge in [0.15, 0.2) is 5.84 Å². The quantitative estimate of drug-likeness (QED) is 0.312. The van der Waals surface area contributed by atoms with Crippen molar-refractivity contribution < 1.29 is 5.21 Å². The Labute approximate surface area is 108 Å². The Morgan fingerprint density at radius 1 is 1.56 bits per heavy atom. The lowest BCUT2D eigenvalue weighted by atomic mass is 10.1. The molecule has 0 aliphatic heterocycles. The maximum Gasteiger partial charge on any atom is 0.170 e. The standard InChI is InChI=1S/C14H21N3O/c1-10(7-11-5-6-11)16-9-12-3-2-4-13(8-12)14(15)17-18/h2-4,8,10-11,16,18H,5-7,9H2,1H3,(H2,15,17). The number of hydrogen-bond acceptors (Lipinski definition) is 3. The van der Waals surface area contributed by atoms with Crippen molar-refractivity contribution in [1.29, 1.82) is 0 Å². The van der Waals surface area contributed by atoms with Crippen LogP contribution in [0.3, 0.4) is 0 Å². The van der Waals surface area contributed by atoms with E-state index in [4.69, 9.17) is 10.9 Å². The van der Waals surface area contributed by atoms with Crippen molar-refractivity contribution in [2.75, 3.05) is 0 Å². The van der Waals surface area contributed by atoms with Crippen molar-refractivity contribution in [3.63, 3.8) is 0 Å². The van der Waals surface area contributed by atoms with Gasteiger partial charge in [-0.2, -0.15) is 0 Å². The highest BCUT2D eigenvalue weighted by atomic mass is 16.4. The van der Waals surface area contributed by atoms with Gasteiger partial charge in [-0.15, -0.1) is 0 Å². The largest absolute Gasteiger partial charge is 0.409 e. The molecule has 4 N–H and O–H groups in total. The second kappa shape index (κ2) is 5.87. The van der Waals surface area contributed by atoms with Gasteiger partial charge in [0.05, 0.1) is 0 Å². The summed E-state index contributed by atoms with van der Waals surface area (Å²) in [5.41, 5.74) is 7.48. The zero-order valence-electron chi connectivity index (χ0n) is 10.8. The van der Waals surface area contributed by atoms with Gasteiger partial charge >= 0.3 is 0 Å². The van der Waals surface area contributed by atoms with Crippen LogP contribution in [0.1, 0.15) is 37.3 Å². The van der Waals surface area contributed by atoms with E-state index < -0.39 is 0 Å². The summed E-state index contributed by atoms with van der Waals surface area (Å²) in [5.74, 6) is 1.10. The molecule has 0 radical (unpaired) electrons. The van der Waals surface area contributed by atoms with Crippen molar-refractivity contribution >= 4 is 5.84 Å². The highest BCUT2D eigenvalue weighted by molar-refractivity contribution is 5.97. The average molecular weight is 247 g/mol. The Bertz CT molecular complexity index is 427. The van der Waals surface area contributed by atoms with E-state index in [0.29, 0.717) is 6.04 Å². The van der Waals surface area contributed by atoms with Crippen LogP contribution in [-0.4, -0.2) is 17.1 Å². The molecule has 2 rings (SSSR count). The molecule has 1 aromatic rings. The molecule has 1 unspecified atom stereocenters. The van der Waals surface area contributed by atoms with E-state index >= 15 is 0 Å². The maximum absolute atomic E-state index is 8.65. The van der Waals surface area contributed by atoms with E-state index in [1.165, 1.54) is 19.3 Å². The van der Waals surface area contributed by atoms with E-state index in [1.807, 2.05) is 24.3 Å². The molecule has 0 bridgehead atoms. The molecule has 0 heterocycles. The first kappa shape index (κ1) is 12.9. The zero-order chi connectivity index (χ0) is 13.0. The fourth-order valence-corrected chi connectivity index (χ4v) is 2.13. The highest BCUT2D eigenvalue weighted by Gasteiger charge is 2.23. The second-order valence-electron chi connectivity index (χ2n) is 5.15. The van der Waals surface area contributed by atoms with Crippen LogP contribution < -0.4 is 11.1 Å². The summed E-state index contributed by atoms with van der Waals surface area (Å²) in [6, 6.07) is 8.31. The first-order chi connectivity index (χ1) is 8.69. The molecule has 1 saturated carbocycles. The first-order valence-electron chi connectivity index (χ1n) is 6.49. The maximum atomic E-state index is 8.65. The van der Waals surface area contributed by atoms with Gasteiger partial charge in [-0.1, -0.05) is 36.2 Å². The molecule has 18 heavy (non-hydrogen) atoms. The van der Waals surface area contributed by atoms with E-state index in [0.717, 1.165) is 23.6 Å². The molecule has 1 aliphatic rings. The van der Waals surface area contributed by atoms with Crippen LogP contribution in [0.4, 0.5) is 0 Å². The molecule has 1 aromatic carbocycles. The van der Waals surface area contributed by atoms with Gasteiger partial charge in [-0.3, -0.25) is 0 Å². The molecule has 1 fully saturated rings. The minimum Gasteiger partial charge on any atom is -0.409 e. The number of hydrogen-bond donors (Lipinski definition) is 3. The van der Waals surface area contributed by atoms with Crippen molar-refractivity contribution in [3.05, 3.63) is 35.4 Å². The average Bonchev–Trinajstić information content (AvgIpc) is 3.19. The number of nitrogens with two attached hydrogens (primary N) is 1. The predicted molar refractivity (Wildman–Crippen MR) is 72.6 cm³/mol. The number of nitrogens with one attached hydrogen (secondary N) is 1. The Balaban J connectivity index is 1.88. The van der Waals surface area contributed by atoms with Crippen molar-refractivity contribution in [3.8, 4) is 0 Å². The molecule has 98 valence electrons. The van der Waals surface area contributed by atoms with Gasteiger partial charge < -0.3 is 16.3 Å². The van der Waals surface area contributed by atoms with Crippen LogP contribution in [0.25, 0.3) is 0 Å². The van der Waals surface area contributed by atoms with E-state index in [9.17, 15) is 0 Å². The van der Waals surface area contributed by atoms with Crippen LogP contribution >= 0.6 is 0 Å². The lowest BCUT2D eigenvalue weighted by Gasteiger charge is -2.13. The normalized spacial score (nSPS) is 17.7. The monoisotopic (exact) mass is 247 g/mol. The fourth-order valence-electron chi connectivity index (χ4n) is 2.13. The molecule has 0 spiro atoms. The minimum atomic E-state index is 0.155. The predicted octanol–water partition coefficient (Wildman–Crippen LogP) is 2.06. The molecular weight excluding hydrogens is 226 g/mol. The molecule has 0 saturated heterocycles.